The van der Waals surface area contributed by atoms with Crippen LogP contribution < -0.4 is 5.46 Å². The van der Waals surface area contributed by atoms with Crippen molar-refractivity contribution < 1.29 is 9.76 Å². The fourth-order valence-corrected chi connectivity index (χ4v) is 3.30. The van der Waals surface area contributed by atoms with Crippen molar-refractivity contribution in [3.05, 3.63) is 29.3 Å². The van der Waals surface area contributed by atoms with Crippen molar-refractivity contribution in [1.29, 1.82) is 0 Å². The van der Waals surface area contributed by atoms with Gasteiger partial charge in [0.2, 0.25) is 0 Å². The summed E-state index contributed by atoms with van der Waals surface area (Å²) >= 11 is 0. The summed E-state index contributed by atoms with van der Waals surface area (Å²) in [7, 11) is 1.80. The van der Waals surface area contributed by atoms with Crippen LogP contribution >= 0.6 is 0 Å². The molecule has 2 aliphatic rings. The Morgan fingerprint density at radius 1 is 1.10 bits per heavy atom. The highest BCUT2D eigenvalue weighted by Gasteiger charge is 2.38. The second-order valence-corrected chi connectivity index (χ2v) is 7.40. The SMILES string of the molecule is CC(C)(O)C(C)(C)O[B]c1ccc2c(c1)C1CCC2C1. The van der Waals surface area contributed by atoms with E-state index in [1.165, 1.54) is 24.8 Å². The first-order chi connectivity index (χ1) is 9.28. The Morgan fingerprint density at radius 3 is 2.40 bits per heavy atom. The normalized spacial score (nSPS) is 24.9. The van der Waals surface area contributed by atoms with Gasteiger partial charge in [0.15, 0.2) is 0 Å². The maximum absolute atomic E-state index is 10.1. The maximum Gasteiger partial charge on any atom is 0.330 e. The van der Waals surface area contributed by atoms with Crippen LogP contribution in [0, 0.1) is 0 Å². The van der Waals surface area contributed by atoms with E-state index in [0.29, 0.717) is 0 Å². The zero-order valence-corrected chi connectivity index (χ0v) is 12.9. The molecule has 2 aliphatic carbocycles. The zero-order valence-electron chi connectivity index (χ0n) is 12.9. The smallest absolute Gasteiger partial charge is 0.330 e. The maximum atomic E-state index is 10.1. The number of fused-ring (bicyclic) bond motifs is 5. The molecule has 2 atom stereocenters. The third-order valence-corrected chi connectivity index (χ3v) is 5.39. The molecule has 0 aliphatic heterocycles. The molecular weight excluding hydrogens is 247 g/mol. The molecule has 20 heavy (non-hydrogen) atoms. The predicted octanol–water partition coefficient (Wildman–Crippen LogP) is 2.86. The summed E-state index contributed by atoms with van der Waals surface area (Å²) in [6.45, 7) is 7.39. The lowest BCUT2D eigenvalue weighted by Crippen LogP contribution is -2.49. The number of hydrogen-bond acceptors (Lipinski definition) is 2. The molecule has 0 aromatic heterocycles. The van der Waals surface area contributed by atoms with Gasteiger partial charge < -0.3 is 9.76 Å². The minimum absolute atomic E-state index is 0.606. The summed E-state index contributed by atoms with van der Waals surface area (Å²) < 4.78 is 5.84. The number of hydrogen-bond donors (Lipinski definition) is 1. The molecule has 2 bridgehead atoms. The van der Waals surface area contributed by atoms with Crippen molar-refractivity contribution in [2.75, 3.05) is 0 Å². The Morgan fingerprint density at radius 2 is 1.75 bits per heavy atom. The molecule has 1 fully saturated rings. The molecule has 3 rings (SSSR count). The molecular formula is C17H24BO2. The van der Waals surface area contributed by atoms with E-state index in [9.17, 15) is 5.11 Å². The second kappa shape index (κ2) is 4.61. The molecule has 0 heterocycles. The van der Waals surface area contributed by atoms with E-state index in [2.05, 4.69) is 18.2 Å². The molecule has 3 heteroatoms. The molecule has 2 unspecified atom stereocenters. The van der Waals surface area contributed by atoms with Crippen LogP contribution in [0.5, 0.6) is 0 Å². The monoisotopic (exact) mass is 271 g/mol. The standard InChI is InChI=1S/C17H24BO2/c1-16(2,19)17(3,4)20-18-13-7-8-14-11-5-6-12(9-11)15(14)10-13/h7-8,10-12,19H,5-6,9H2,1-4H3. The van der Waals surface area contributed by atoms with Crippen molar-refractivity contribution in [1.82, 2.24) is 0 Å². The van der Waals surface area contributed by atoms with Crippen molar-refractivity contribution >= 4 is 12.9 Å². The van der Waals surface area contributed by atoms with Gasteiger partial charge in [0.05, 0.1) is 11.2 Å². The molecule has 0 saturated heterocycles. The fraction of sp³-hybridized carbons (Fsp3) is 0.647. The van der Waals surface area contributed by atoms with Crippen LogP contribution in [-0.4, -0.2) is 23.8 Å². The molecule has 0 spiro atoms. The Balaban J connectivity index is 1.73. The van der Waals surface area contributed by atoms with Gasteiger partial charge in [-0.1, -0.05) is 23.7 Å². The van der Waals surface area contributed by atoms with Crippen LogP contribution in [0.1, 0.15) is 69.9 Å². The first-order valence-corrected chi connectivity index (χ1v) is 7.65. The lowest BCUT2D eigenvalue weighted by atomic mass is 9.80. The molecule has 2 nitrogen and oxygen atoms in total. The summed E-state index contributed by atoms with van der Waals surface area (Å²) in [6.07, 6.45) is 4.05. The van der Waals surface area contributed by atoms with Crippen molar-refractivity contribution in [2.45, 2.75) is 70.0 Å². The Kier molecular flexibility index (Phi) is 3.26. The van der Waals surface area contributed by atoms with E-state index in [-0.39, 0.29) is 0 Å². The lowest BCUT2D eigenvalue weighted by Gasteiger charge is -2.37. The van der Waals surface area contributed by atoms with Gasteiger partial charge in [0.1, 0.15) is 0 Å². The van der Waals surface area contributed by atoms with Gasteiger partial charge in [-0.15, -0.1) is 0 Å². The average Bonchev–Trinajstić information content (AvgIpc) is 2.96. The van der Waals surface area contributed by atoms with Crippen molar-refractivity contribution in [3.8, 4) is 0 Å². The highest BCUT2D eigenvalue weighted by molar-refractivity contribution is 6.47. The van der Waals surface area contributed by atoms with Gasteiger partial charge >= 0.3 is 7.48 Å². The summed E-state index contributed by atoms with van der Waals surface area (Å²) in [5, 5.41) is 10.1. The van der Waals surface area contributed by atoms with Gasteiger partial charge in [-0.25, -0.2) is 0 Å². The third kappa shape index (κ3) is 2.31. The van der Waals surface area contributed by atoms with Crippen LogP contribution in [0.15, 0.2) is 18.2 Å². The zero-order chi connectivity index (χ0) is 14.5. The van der Waals surface area contributed by atoms with E-state index in [1.807, 2.05) is 13.8 Å². The first-order valence-electron chi connectivity index (χ1n) is 7.65. The van der Waals surface area contributed by atoms with Gasteiger partial charge in [-0.3, -0.25) is 0 Å². The van der Waals surface area contributed by atoms with Crippen LogP contribution in [0.3, 0.4) is 0 Å². The topological polar surface area (TPSA) is 29.5 Å². The minimum Gasteiger partial charge on any atom is -0.427 e. The van der Waals surface area contributed by atoms with E-state index < -0.39 is 11.2 Å². The molecule has 1 aromatic carbocycles. The van der Waals surface area contributed by atoms with Gasteiger partial charge in [0.25, 0.3) is 0 Å². The highest BCUT2D eigenvalue weighted by atomic mass is 16.5. The van der Waals surface area contributed by atoms with Crippen LogP contribution in [0.4, 0.5) is 0 Å². The minimum atomic E-state index is -0.876. The van der Waals surface area contributed by atoms with Crippen LogP contribution in [-0.2, 0) is 4.65 Å². The third-order valence-electron chi connectivity index (χ3n) is 5.39. The number of aliphatic hydroxyl groups is 1. The first kappa shape index (κ1) is 14.2. The van der Waals surface area contributed by atoms with Gasteiger partial charge in [-0.05, 0) is 69.9 Å². The number of benzene rings is 1. The van der Waals surface area contributed by atoms with Crippen molar-refractivity contribution in [3.63, 3.8) is 0 Å². The Hall–Kier alpha value is -0.795. The van der Waals surface area contributed by atoms with E-state index in [1.54, 1.807) is 26.9 Å². The summed E-state index contributed by atoms with van der Waals surface area (Å²) in [6, 6.07) is 6.69. The molecule has 1 radical (unpaired) electrons. The Bertz CT molecular complexity index is 516. The molecule has 1 aromatic rings. The van der Waals surface area contributed by atoms with E-state index in [4.69, 9.17) is 4.65 Å². The Labute approximate surface area is 122 Å². The average molecular weight is 271 g/mol. The van der Waals surface area contributed by atoms with Crippen molar-refractivity contribution in [2.24, 2.45) is 0 Å². The predicted molar refractivity (Wildman–Crippen MR) is 82.6 cm³/mol. The quantitative estimate of drug-likeness (QED) is 0.853. The van der Waals surface area contributed by atoms with E-state index >= 15 is 0 Å². The molecule has 107 valence electrons. The summed E-state index contributed by atoms with van der Waals surface area (Å²) in [5.41, 5.74) is 2.71. The largest absolute Gasteiger partial charge is 0.427 e. The highest BCUT2D eigenvalue weighted by Crippen LogP contribution is 2.52. The number of rotatable bonds is 4. The summed E-state index contributed by atoms with van der Waals surface area (Å²) in [4.78, 5) is 0. The molecule has 1 N–H and O–H groups in total. The van der Waals surface area contributed by atoms with Gasteiger partial charge in [-0.2, -0.15) is 0 Å². The fourth-order valence-electron chi connectivity index (χ4n) is 3.30. The lowest BCUT2D eigenvalue weighted by molar-refractivity contribution is -0.0893. The second-order valence-electron chi connectivity index (χ2n) is 7.40. The van der Waals surface area contributed by atoms with Gasteiger partial charge in [0, 0.05) is 0 Å². The molecule has 1 saturated carbocycles. The van der Waals surface area contributed by atoms with Crippen LogP contribution in [0.2, 0.25) is 0 Å². The van der Waals surface area contributed by atoms with E-state index in [0.717, 1.165) is 17.3 Å². The van der Waals surface area contributed by atoms with Crippen LogP contribution in [0.25, 0.3) is 0 Å². The summed E-state index contributed by atoms with van der Waals surface area (Å²) in [5.74, 6) is 1.57. The molecule has 0 amide bonds.